The molecule has 3 N–H and O–H groups in total. The number of amides is 1. The molecule has 0 saturated carbocycles. The molecule has 0 atom stereocenters. The first-order chi connectivity index (χ1) is 13.7. The number of hydrogen-bond acceptors (Lipinski definition) is 7. The Labute approximate surface area is 164 Å². The van der Waals surface area contributed by atoms with E-state index in [0.717, 1.165) is 57.0 Å². The maximum atomic E-state index is 11.5. The number of ether oxygens (including phenoxy) is 3. The quantitative estimate of drug-likeness (QED) is 0.636. The number of carbonyl (C=O) groups is 1. The molecule has 0 radical (unpaired) electrons. The number of nitrogens with two attached hydrogens (primary N) is 1. The average molecular weight is 386 g/mol. The molecule has 3 rings (SSSR count). The second-order valence-electron chi connectivity index (χ2n) is 6.68. The maximum Gasteiger partial charge on any atom is 0.272 e. The molecule has 28 heavy (non-hydrogen) atoms. The van der Waals surface area contributed by atoms with Crippen molar-refractivity contribution < 1.29 is 19.0 Å². The predicted molar refractivity (Wildman–Crippen MR) is 103 cm³/mol. The van der Waals surface area contributed by atoms with Crippen LogP contribution in [0.1, 0.15) is 35.3 Å². The molecule has 0 bridgehead atoms. The van der Waals surface area contributed by atoms with Crippen LogP contribution in [0, 0.1) is 5.92 Å². The molecule has 0 aliphatic carbocycles. The molecule has 8 nitrogen and oxygen atoms in total. The summed E-state index contributed by atoms with van der Waals surface area (Å²) in [4.78, 5) is 19.4. The van der Waals surface area contributed by atoms with Gasteiger partial charge < -0.3 is 25.3 Å². The van der Waals surface area contributed by atoms with Gasteiger partial charge in [-0.15, -0.1) is 0 Å². The van der Waals surface area contributed by atoms with Gasteiger partial charge in [0.25, 0.3) is 11.8 Å². The minimum absolute atomic E-state index is 0.0246. The molecular weight excluding hydrogens is 360 g/mol. The van der Waals surface area contributed by atoms with E-state index in [4.69, 9.17) is 19.9 Å². The van der Waals surface area contributed by atoms with E-state index in [1.54, 1.807) is 13.2 Å². The van der Waals surface area contributed by atoms with E-state index in [1.165, 1.54) is 12.4 Å². The second kappa shape index (κ2) is 10.0. The highest BCUT2D eigenvalue weighted by atomic mass is 16.5. The molecule has 8 heteroatoms. The fourth-order valence-electron chi connectivity index (χ4n) is 3.15. The molecule has 1 aliphatic heterocycles. The monoisotopic (exact) mass is 386 g/mol. The van der Waals surface area contributed by atoms with Crippen molar-refractivity contribution in [3.8, 4) is 17.4 Å². The third kappa shape index (κ3) is 5.40. The average Bonchev–Trinajstić information content (AvgIpc) is 2.73. The minimum Gasteiger partial charge on any atom is -0.493 e. The number of rotatable bonds is 9. The molecule has 150 valence electrons. The normalized spacial score (nSPS) is 14.6. The highest BCUT2D eigenvalue weighted by molar-refractivity contribution is 5.92. The maximum absolute atomic E-state index is 11.5. The summed E-state index contributed by atoms with van der Waals surface area (Å²) in [6, 6.07) is 5.63. The Hall–Kier alpha value is -2.71. The highest BCUT2D eigenvalue weighted by Crippen LogP contribution is 2.32. The van der Waals surface area contributed by atoms with Crippen LogP contribution in [0.5, 0.6) is 17.4 Å². The molecule has 0 spiro atoms. The summed E-state index contributed by atoms with van der Waals surface area (Å²) in [5.41, 5.74) is 6.37. The van der Waals surface area contributed by atoms with Gasteiger partial charge >= 0.3 is 0 Å². The Bertz CT molecular complexity index is 794. The summed E-state index contributed by atoms with van der Waals surface area (Å²) in [5, 5.41) is 3.47. The topological polar surface area (TPSA) is 109 Å². The lowest BCUT2D eigenvalue weighted by molar-refractivity contribution is 0.0639. The van der Waals surface area contributed by atoms with Gasteiger partial charge in [-0.3, -0.25) is 4.79 Å². The number of nitrogens with zero attached hydrogens (tertiary/aromatic N) is 2. The van der Waals surface area contributed by atoms with Crippen LogP contribution in [0.15, 0.2) is 30.6 Å². The van der Waals surface area contributed by atoms with Gasteiger partial charge in [0.05, 0.1) is 7.11 Å². The van der Waals surface area contributed by atoms with E-state index in [1.807, 2.05) is 12.1 Å². The van der Waals surface area contributed by atoms with Gasteiger partial charge in [-0.2, -0.15) is 0 Å². The fraction of sp³-hybridized carbons (Fsp3) is 0.450. The number of primary amides is 1. The van der Waals surface area contributed by atoms with E-state index in [2.05, 4.69) is 15.3 Å². The van der Waals surface area contributed by atoms with Crippen molar-refractivity contribution in [2.45, 2.75) is 25.8 Å². The Morgan fingerprint density at radius 3 is 2.79 bits per heavy atom. The standard InChI is InChI=1S/C20H26N4O4/c1-26-17-12-15(13-22-7-4-14-5-10-27-11-6-14)2-3-16(17)28-20-18(19(21)25)23-8-9-24-20/h2-3,8-9,12,14,22H,4-7,10-11,13H2,1H3,(H2,21,25). The molecule has 1 aromatic heterocycles. The van der Waals surface area contributed by atoms with Crippen LogP contribution < -0.4 is 20.5 Å². The largest absolute Gasteiger partial charge is 0.493 e. The Morgan fingerprint density at radius 1 is 1.25 bits per heavy atom. The summed E-state index contributed by atoms with van der Waals surface area (Å²) in [6.07, 6.45) is 6.28. The van der Waals surface area contributed by atoms with Crippen molar-refractivity contribution in [2.24, 2.45) is 11.7 Å². The van der Waals surface area contributed by atoms with Crippen molar-refractivity contribution in [2.75, 3.05) is 26.9 Å². The molecule has 1 aliphatic rings. The van der Waals surface area contributed by atoms with Crippen LogP contribution in [0.25, 0.3) is 0 Å². The second-order valence-corrected chi connectivity index (χ2v) is 6.68. The molecule has 1 saturated heterocycles. The van der Waals surface area contributed by atoms with Crippen molar-refractivity contribution in [1.29, 1.82) is 0 Å². The lowest BCUT2D eigenvalue weighted by Crippen LogP contribution is -2.22. The highest BCUT2D eigenvalue weighted by Gasteiger charge is 2.16. The Morgan fingerprint density at radius 2 is 2.04 bits per heavy atom. The van der Waals surface area contributed by atoms with Gasteiger partial charge in [-0.25, -0.2) is 9.97 Å². The summed E-state index contributed by atoms with van der Waals surface area (Å²) in [6.45, 7) is 3.46. The minimum atomic E-state index is -0.701. The number of aromatic nitrogens is 2. The zero-order valence-electron chi connectivity index (χ0n) is 16.0. The summed E-state index contributed by atoms with van der Waals surface area (Å²) in [7, 11) is 1.57. The van der Waals surface area contributed by atoms with Gasteiger partial charge in [0.15, 0.2) is 17.2 Å². The first kappa shape index (κ1) is 20.0. The van der Waals surface area contributed by atoms with Crippen LogP contribution in [-0.4, -0.2) is 42.7 Å². The molecule has 2 heterocycles. The third-order valence-corrected chi connectivity index (χ3v) is 4.73. The Kier molecular flexibility index (Phi) is 7.16. The van der Waals surface area contributed by atoms with Gasteiger partial charge in [0, 0.05) is 32.2 Å². The molecule has 2 aromatic rings. The number of nitrogens with one attached hydrogen (secondary N) is 1. The Balaban J connectivity index is 1.58. The summed E-state index contributed by atoms with van der Waals surface area (Å²) in [5.74, 6) is 1.09. The van der Waals surface area contributed by atoms with Crippen molar-refractivity contribution in [3.63, 3.8) is 0 Å². The lowest BCUT2D eigenvalue weighted by atomic mass is 9.97. The van der Waals surface area contributed by atoms with Crippen molar-refractivity contribution >= 4 is 5.91 Å². The van der Waals surface area contributed by atoms with Crippen LogP contribution in [0.4, 0.5) is 0 Å². The predicted octanol–water partition coefficient (Wildman–Crippen LogP) is 2.28. The van der Waals surface area contributed by atoms with E-state index in [9.17, 15) is 4.79 Å². The molecule has 1 aromatic carbocycles. The third-order valence-electron chi connectivity index (χ3n) is 4.73. The van der Waals surface area contributed by atoms with E-state index >= 15 is 0 Å². The smallest absolute Gasteiger partial charge is 0.272 e. The first-order valence-electron chi connectivity index (χ1n) is 9.41. The van der Waals surface area contributed by atoms with Crippen molar-refractivity contribution in [3.05, 3.63) is 41.9 Å². The molecule has 1 fully saturated rings. The fourth-order valence-corrected chi connectivity index (χ4v) is 3.15. The van der Waals surface area contributed by atoms with Gasteiger partial charge in [0.2, 0.25) is 0 Å². The van der Waals surface area contributed by atoms with E-state index in [0.29, 0.717) is 11.5 Å². The number of carbonyl (C=O) groups excluding carboxylic acids is 1. The van der Waals surface area contributed by atoms with Gasteiger partial charge in [-0.05, 0) is 49.4 Å². The zero-order chi connectivity index (χ0) is 19.8. The van der Waals surface area contributed by atoms with Gasteiger partial charge in [-0.1, -0.05) is 6.07 Å². The number of methoxy groups -OCH3 is 1. The molecule has 0 unspecified atom stereocenters. The molecule has 1 amide bonds. The van der Waals surface area contributed by atoms with Crippen LogP contribution in [0.2, 0.25) is 0 Å². The van der Waals surface area contributed by atoms with Crippen LogP contribution in [-0.2, 0) is 11.3 Å². The van der Waals surface area contributed by atoms with E-state index in [-0.39, 0.29) is 11.6 Å². The number of hydrogen-bond donors (Lipinski definition) is 2. The summed E-state index contributed by atoms with van der Waals surface area (Å²) < 4.78 is 16.5. The SMILES string of the molecule is COc1cc(CNCCC2CCOCC2)ccc1Oc1nccnc1C(N)=O. The lowest BCUT2D eigenvalue weighted by Gasteiger charge is -2.22. The summed E-state index contributed by atoms with van der Waals surface area (Å²) >= 11 is 0. The first-order valence-corrected chi connectivity index (χ1v) is 9.41. The van der Waals surface area contributed by atoms with Crippen molar-refractivity contribution in [1.82, 2.24) is 15.3 Å². The van der Waals surface area contributed by atoms with Crippen LogP contribution >= 0.6 is 0 Å². The zero-order valence-corrected chi connectivity index (χ0v) is 16.0. The van der Waals surface area contributed by atoms with E-state index < -0.39 is 5.91 Å². The molecular formula is C20H26N4O4. The van der Waals surface area contributed by atoms with Crippen LogP contribution in [0.3, 0.4) is 0 Å². The number of benzene rings is 1. The van der Waals surface area contributed by atoms with Gasteiger partial charge in [0.1, 0.15) is 0 Å².